The number of nitrogens with one attached hydrogen (secondary N) is 2. The minimum absolute atomic E-state index is 0.0914. The summed E-state index contributed by atoms with van der Waals surface area (Å²) in [6.45, 7) is 6.59. The highest BCUT2D eigenvalue weighted by atomic mass is 32.2. The van der Waals surface area contributed by atoms with Crippen LogP contribution in [-0.2, 0) is 10.0 Å². The number of aromatic nitrogens is 1. The Morgan fingerprint density at radius 1 is 1.33 bits per heavy atom. The first-order valence-electron chi connectivity index (χ1n) is 5.67. The van der Waals surface area contributed by atoms with Crippen molar-refractivity contribution >= 4 is 15.8 Å². The molecule has 0 fully saturated rings. The molecule has 0 spiro atoms. The van der Waals surface area contributed by atoms with Gasteiger partial charge in [-0.1, -0.05) is 20.8 Å². The average molecular weight is 272 g/mol. The van der Waals surface area contributed by atoms with E-state index in [-0.39, 0.29) is 10.3 Å². The number of sulfonamides is 1. The second-order valence-corrected chi connectivity index (χ2v) is 7.00. The van der Waals surface area contributed by atoms with Crippen LogP contribution in [0.5, 0.6) is 0 Å². The number of hydrazine groups is 1. The molecule has 0 bridgehead atoms. The predicted molar refractivity (Wildman–Crippen MR) is 71.3 cm³/mol. The van der Waals surface area contributed by atoms with Crippen molar-refractivity contribution in [2.24, 2.45) is 11.3 Å². The van der Waals surface area contributed by atoms with Crippen molar-refractivity contribution < 1.29 is 8.42 Å². The number of pyridine rings is 1. The van der Waals surface area contributed by atoms with Crippen LogP contribution < -0.4 is 16.0 Å². The lowest BCUT2D eigenvalue weighted by molar-refractivity contribution is 0.378. The van der Waals surface area contributed by atoms with Gasteiger partial charge in [0.25, 0.3) is 0 Å². The van der Waals surface area contributed by atoms with E-state index in [1.165, 1.54) is 18.3 Å². The quantitative estimate of drug-likeness (QED) is 0.550. The van der Waals surface area contributed by atoms with Crippen molar-refractivity contribution in [2.45, 2.75) is 32.1 Å². The summed E-state index contributed by atoms with van der Waals surface area (Å²) in [5.74, 6) is 5.58. The average Bonchev–Trinajstić information content (AvgIpc) is 2.27. The van der Waals surface area contributed by atoms with Crippen LogP contribution in [-0.4, -0.2) is 19.9 Å². The summed E-state index contributed by atoms with van der Waals surface area (Å²) in [6, 6.07) is 2.97. The fourth-order valence-corrected chi connectivity index (χ4v) is 2.24. The highest BCUT2D eigenvalue weighted by Gasteiger charge is 2.16. The van der Waals surface area contributed by atoms with Gasteiger partial charge in [0.1, 0.15) is 10.7 Å². The molecule has 0 aliphatic heterocycles. The molecule has 102 valence electrons. The summed E-state index contributed by atoms with van der Waals surface area (Å²) >= 11 is 0. The molecule has 1 aromatic heterocycles. The van der Waals surface area contributed by atoms with Crippen molar-refractivity contribution in [1.29, 1.82) is 0 Å². The van der Waals surface area contributed by atoms with Crippen LogP contribution in [0, 0.1) is 5.41 Å². The smallest absolute Gasteiger partial charge is 0.242 e. The maximum atomic E-state index is 11.9. The Balaban J connectivity index is 2.68. The van der Waals surface area contributed by atoms with Gasteiger partial charge in [-0.25, -0.2) is 24.0 Å². The molecule has 7 heteroatoms. The molecule has 0 aromatic carbocycles. The zero-order valence-electron chi connectivity index (χ0n) is 10.9. The first-order valence-corrected chi connectivity index (χ1v) is 7.15. The third kappa shape index (κ3) is 4.59. The Bertz CT molecular complexity index is 477. The van der Waals surface area contributed by atoms with Crippen molar-refractivity contribution in [3.05, 3.63) is 18.3 Å². The Morgan fingerprint density at radius 3 is 2.44 bits per heavy atom. The van der Waals surface area contributed by atoms with Gasteiger partial charge in [0.15, 0.2) is 0 Å². The Hall–Kier alpha value is -1.18. The van der Waals surface area contributed by atoms with Gasteiger partial charge in [-0.15, -0.1) is 0 Å². The van der Waals surface area contributed by atoms with Crippen LogP contribution in [0.1, 0.15) is 27.2 Å². The molecule has 0 aliphatic rings. The van der Waals surface area contributed by atoms with Crippen molar-refractivity contribution in [2.75, 3.05) is 12.0 Å². The van der Waals surface area contributed by atoms with Crippen LogP contribution in [0.2, 0.25) is 0 Å². The third-order valence-corrected chi connectivity index (χ3v) is 3.81. The molecule has 4 N–H and O–H groups in total. The zero-order chi connectivity index (χ0) is 13.8. The number of nitrogens with zero attached hydrogens (tertiary/aromatic N) is 1. The molecule has 6 nitrogen and oxygen atoms in total. The molecule has 0 saturated heterocycles. The van der Waals surface area contributed by atoms with Gasteiger partial charge in [0.2, 0.25) is 10.0 Å². The second kappa shape index (κ2) is 5.64. The highest BCUT2D eigenvalue weighted by molar-refractivity contribution is 7.89. The lowest BCUT2D eigenvalue weighted by atomic mass is 9.93. The number of anilines is 1. The summed E-state index contributed by atoms with van der Waals surface area (Å²) in [4.78, 5) is 4.00. The van der Waals surface area contributed by atoms with E-state index in [1.54, 1.807) is 0 Å². The van der Waals surface area contributed by atoms with Crippen molar-refractivity contribution in [3.8, 4) is 0 Å². The van der Waals surface area contributed by atoms with E-state index in [0.29, 0.717) is 12.4 Å². The molecular formula is C11H20N4O2S. The molecule has 0 saturated carbocycles. The van der Waals surface area contributed by atoms with Gasteiger partial charge in [-0.3, -0.25) is 0 Å². The first kappa shape index (κ1) is 14.9. The highest BCUT2D eigenvalue weighted by Crippen LogP contribution is 2.18. The minimum atomic E-state index is -3.49. The van der Waals surface area contributed by atoms with E-state index < -0.39 is 10.0 Å². The number of hydrogen-bond donors (Lipinski definition) is 3. The number of nitrogens with two attached hydrogens (primary N) is 1. The monoisotopic (exact) mass is 272 g/mol. The second-order valence-electron chi connectivity index (χ2n) is 5.23. The summed E-state index contributed by atoms with van der Waals surface area (Å²) in [5.41, 5.74) is 2.43. The topological polar surface area (TPSA) is 97.1 Å². The van der Waals surface area contributed by atoms with Gasteiger partial charge in [-0.2, -0.15) is 0 Å². The van der Waals surface area contributed by atoms with E-state index in [0.717, 1.165) is 6.42 Å². The fraction of sp³-hybridized carbons (Fsp3) is 0.545. The van der Waals surface area contributed by atoms with Crippen molar-refractivity contribution in [1.82, 2.24) is 9.71 Å². The van der Waals surface area contributed by atoms with E-state index in [2.05, 4.69) is 35.9 Å². The van der Waals surface area contributed by atoms with Crippen LogP contribution in [0.4, 0.5) is 5.82 Å². The van der Waals surface area contributed by atoms with E-state index >= 15 is 0 Å². The molecule has 1 heterocycles. The predicted octanol–water partition coefficient (Wildman–Crippen LogP) is 1.08. The largest absolute Gasteiger partial charge is 0.308 e. The van der Waals surface area contributed by atoms with Crippen molar-refractivity contribution in [3.63, 3.8) is 0 Å². The maximum absolute atomic E-state index is 11.9. The Labute approximate surface area is 108 Å². The molecule has 18 heavy (non-hydrogen) atoms. The standard InChI is InChI=1S/C11H20N4O2S/c1-11(2,3)6-7-14-18(16,17)9-4-5-10(15-12)13-8-9/h4-5,8,14H,6-7,12H2,1-3H3,(H,13,15). The third-order valence-electron chi connectivity index (χ3n) is 2.36. The maximum Gasteiger partial charge on any atom is 0.242 e. The van der Waals surface area contributed by atoms with Gasteiger partial charge < -0.3 is 5.43 Å². The fourth-order valence-electron chi connectivity index (χ4n) is 1.27. The van der Waals surface area contributed by atoms with Crippen LogP contribution in [0.25, 0.3) is 0 Å². The number of rotatable bonds is 5. The van der Waals surface area contributed by atoms with Gasteiger partial charge in [-0.05, 0) is 24.0 Å². The molecule has 0 unspecified atom stereocenters. The first-order chi connectivity index (χ1) is 8.24. The van der Waals surface area contributed by atoms with E-state index in [9.17, 15) is 8.42 Å². The summed E-state index contributed by atoms with van der Waals surface area (Å²) in [5, 5.41) is 0. The zero-order valence-corrected chi connectivity index (χ0v) is 11.7. The summed E-state index contributed by atoms with van der Waals surface area (Å²) in [6.07, 6.45) is 2.04. The lowest BCUT2D eigenvalue weighted by Crippen LogP contribution is -2.27. The van der Waals surface area contributed by atoms with Gasteiger partial charge in [0.05, 0.1) is 0 Å². The van der Waals surface area contributed by atoms with Crippen LogP contribution >= 0.6 is 0 Å². The summed E-state index contributed by atoms with van der Waals surface area (Å²) in [7, 11) is -3.49. The summed E-state index contributed by atoms with van der Waals surface area (Å²) < 4.78 is 26.4. The van der Waals surface area contributed by atoms with E-state index in [1.807, 2.05) is 0 Å². The van der Waals surface area contributed by atoms with Crippen LogP contribution in [0.15, 0.2) is 23.2 Å². The SMILES string of the molecule is CC(C)(C)CCNS(=O)(=O)c1ccc(NN)nc1. The lowest BCUT2D eigenvalue weighted by Gasteiger charge is -2.18. The van der Waals surface area contributed by atoms with Gasteiger partial charge >= 0.3 is 0 Å². The minimum Gasteiger partial charge on any atom is -0.308 e. The van der Waals surface area contributed by atoms with Crippen LogP contribution in [0.3, 0.4) is 0 Å². The molecular weight excluding hydrogens is 252 g/mol. The molecule has 0 atom stereocenters. The number of hydrogen-bond acceptors (Lipinski definition) is 5. The Morgan fingerprint density at radius 2 is 2.00 bits per heavy atom. The molecule has 1 rings (SSSR count). The molecule has 0 aliphatic carbocycles. The van der Waals surface area contributed by atoms with E-state index in [4.69, 9.17) is 5.84 Å². The Kier molecular flexibility index (Phi) is 4.66. The normalized spacial score (nSPS) is 12.4. The van der Waals surface area contributed by atoms with Gasteiger partial charge in [0, 0.05) is 12.7 Å². The molecule has 0 radical (unpaired) electrons. The molecule has 1 aromatic rings. The molecule has 0 amide bonds. The number of nitrogen functional groups attached to an aromatic ring is 1.